The third-order valence-electron chi connectivity index (χ3n) is 6.70. The molecule has 0 saturated heterocycles. The van der Waals surface area contributed by atoms with E-state index in [2.05, 4.69) is 30.9 Å². The minimum atomic E-state index is -4.70. The van der Waals surface area contributed by atoms with Crippen LogP contribution in [-0.2, 0) is 10.1 Å². The molecule has 0 radical (unpaired) electrons. The zero-order valence-corrected chi connectivity index (χ0v) is 26.7. The van der Waals surface area contributed by atoms with Crippen molar-refractivity contribution >= 4 is 78.5 Å². The van der Waals surface area contributed by atoms with Gasteiger partial charge in [0.05, 0.1) is 16.0 Å². The number of carboxylic acids is 2. The molecule has 224 valence electrons. The van der Waals surface area contributed by atoms with Crippen molar-refractivity contribution in [3.05, 3.63) is 108 Å². The van der Waals surface area contributed by atoms with Crippen molar-refractivity contribution in [2.75, 3.05) is 16.0 Å². The number of hydrogen-bond donors (Lipinski definition) is 5. The molecule has 46 heavy (non-hydrogen) atoms. The Morgan fingerprint density at radius 1 is 0.565 bits per heavy atom. The van der Waals surface area contributed by atoms with Crippen LogP contribution in [0.2, 0.25) is 0 Å². The van der Waals surface area contributed by atoms with E-state index in [9.17, 15) is 32.8 Å². The molecule has 5 N–H and O–H groups in total. The van der Waals surface area contributed by atoms with E-state index in [0.29, 0.717) is 11.4 Å². The van der Waals surface area contributed by atoms with Crippen molar-refractivity contribution in [2.45, 2.75) is 4.90 Å². The van der Waals surface area contributed by atoms with Crippen LogP contribution in [0.15, 0.2) is 102 Å². The fourth-order valence-electron chi connectivity index (χ4n) is 4.57. The molecule has 0 aliphatic rings. The van der Waals surface area contributed by atoms with Crippen molar-refractivity contribution < 1.29 is 62.3 Å². The summed E-state index contributed by atoms with van der Waals surface area (Å²) >= 11 is 0. The molecule has 0 unspecified atom stereocenters. The van der Waals surface area contributed by atoms with E-state index >= 15 is 0 Å². The van der Waals surface area contributed by atoms with Crippen molar-refractivity contribution in [1.29, 1.82) is 0 Å². The van der Waals surface area contributed by atoms with Crippen LogP contribution in [0.5, 0.6) is 0 Å². The standard InChI is InChI=1S/C31H22N6O7S.Na/c38-27(39)21-6-4-19-14-24(10-8-17(19)12-21)33-30-35-29(32-23-2-1-3-26(16-23)45(42,43)44)36-31(37-30)34-25-11-9-18-13-22(28(40)41)7-5-20(18)15-25;/h1-16H,(H,38,39)(H,40,41)(H,42,43,44)(H3,32,33,34,35,36,37);/q;+1/p-1. The Balaban J connectivity index is 0.00000417. The second kappa shape index (κ2) is 13.1. The summed E-state index contributed by atoms with van der Waals surface area (Å²) in [5.41, 5.74) is 1.75. The van der Waals surface area contributed by atoms with Crippen molar-refractivity contribution in [3.8, 4) is 0 Å². The summed E-state index contributed by atoms with van der Waals surface area (Å²) in [6.07, 6.45) is 0. The summed E-state index contributed by atoms with van der Waals surface area (Å²) in [6.45, 7) is 0. The van der Waals surface area contributed by atoms with Gasteiger partial charge in [-0.15, -0.1) is 0 Å². The van der Waals surface area contributed by atoms with E-state index in [4.69, 9.17) is 0 Å². The molecule has 0 spiro atoms. The summed E-state index contributed by atoms with van der Waals surface area (Å²) in [5.74, 6) is -1.82. The molecular formula is C31H21N6NaO7S. The van der Waals surface area contributed by atoms with Crippen LogP contribution in [-0.4, -0.2) is 50.1 Å². The van der Waals surface area contributed by atoms with Crippen molar-refractivity contribution in [2.24, 2.45) is 0 Å². The van der Waals surface area contributed by atoms with Gasteiger partial charge < -0.3 is 30.7 Å². The number of aromatic nitrogens is 3. The number of hydrogen-bond acceptors (Lipinski definition) is 11. The van der Waals surface area contributed by atoms with E-state index in [0.717, 1.165) is 27.6 Å². The number of fused-ring (bicyclic) bond motifs is 2. The predicted molar refractivity (Wildman–Crippen MR) is 166 cm³/mol. The maximum atomic E-state index is 11.5. The summed E-state index contributed by atoms with van der Waals surface area (Å²) < 4.78 is 34.6. The van der Waals surface area contributed by atoms with Gasteiger partial charge in [0.15, 0.2) is 0 Å². The molecule has 1 heterocycles. The van der Waals surface area contributed by atoms with Gasteiger partial charge in [-0.05, 0) is 88.3 Å². The number of anilines is 6. The molecular weight excluding hydrogens is 623 g/mol. The number of nitrogens with one attached hydrogen (secondary N) is 3. The predicted octanol–water partition coefficient (Wildman–Crippen LogP) is 2.71. The summed E-state index contributed by atoms with van der Waals surface area (Å²) in [4.78, 5) is 35.5. The van der Waals surface area contributed by atoms with E-state index < -0.39 is 27.0 Å². The van der Waals surface area contributed by atoms with Crippen LogP contribution in [0.4, 0.5) is 34.9 Å². The fourth-order valence-corrected chi connectivity index (χ4v) is 5.09. The molecule has 0 saturated carbocycles. The first-order valence-corrected chi connectivity index (χ1v) is 14.6. The largest absolute Gasteiger partial charge is 1.00 e. The zero-order chi connectivity index (χ0) is 31.7. The van der Waals surface area contributed by atoms with Gasteiger partial charge in [0.1, 0.15) is 10.1 Å². The number of benzene rings is 5. The molecule has 0 aliphatic carbocycles. The number of rotatable bonds is 9. The Morgan fingerprint density at radius 3 is 1.37 bits per heavy atom. The number of carboxylic acid groups (broad SMARTS) is 2. The van der Waals surface area contributed by atoms with Crippen LogP contribution < -0.4 is 45.5 Å². The number of nitrogens with zero attached hydrogens (tertiary/aromatic N) is 3. The van der Waals surface area contributed by atoms with Crippen LogP contribution >= 0.6 is 0 Å². The molecule has 0 amide bonds. The Labute approximate surface area is 283 Å². The monoisotopic (exact) mass is 644 g/mol. The van der Waals surface area contributed by atoms with E-state index in [-0.39, 0.29) is 64.2 Å². The molecule has 0 aliphatic heterocycles. The maximum absolute atomic E-state index is 11.5. The second-order valence-electron chi connectivity index (χ2n) is 9.83. The molecule has 6 aromatic rings. The van der Waals surface area contributed by atoms with Gasteiger partial charge in [0.2, 0.25) is 17.8 Å². The first-order valence-electron chi connectivity index (χ1n) is 13.2. The summed E-state index contributed by atoms with van der Waals surface area (Å²) in [7, 11) is -4.70. The first-order chi connectivity index (χ1) is 21.5. The van der Waals surface area contributed by atoms with Gasteiger partial charge in [-0.1, -0.05) is 30.3 Å². The Morgan fingerprint density at radius 2 is 0.957 bits per heavy atom. The summed E-state index contributed by atoms with van der Waals surface area (Å²) in [5, 5.41) is 30.7. The zero-order valence-electron chi connectivity index (χ0n) is 23.9. The molecule has 0 atom stereocenters. The van der Waals surface area contributed by atoms with E-state index in [1.165, 1.54) is 24.3 Å². The van der Waals surface area contributed by atoms with Gasteiger partial charge in [-0.2, -0.15) is 15.0 Å². The van der Waals surface area contributed by atoms with Gasteiger partial charge in [0.25, 0.3) is 0 Å². The van der Waals surface area contributed by atoms with Gasteiger partial charge in [0, 0.05) is 17.1 Å². The molecule has 0 bridgehead atoms. The summed E-state index contributed by atoms with van der Waals surface area (Å²) in [6, 6.07) is 25.4. The van der Waals surface area contributed by atoms with Crippen LogP contribution in [0, 0.1) is 0 Å². The van der Waals surface area contributed by atoms with E-state index in [1.54, 1.807) is 66.7 Å². The Kier molecular flexibility index (Phi) is 9.18. The molecule has 0 fully saturated rings. The molecule has 5 aromatic carbocycles. The topological polar surface area (TPSA) is 207 Å². The van der Waals surface area contributed by atoms with E-state index in [1.807, 2.05) is 0 Å². The van der Waals surface area contributed by atoms with Gasteiger partial charge >= 0.3 is 41.5 Å². The maximum Gasteiger partial charge on any atom is 1.00 e. The number of carbonyl (C=O) groups is 2. The van der Waals surface area contributed by atoms with Crippen molar-refractivity contribution in [3.63, 3.8) is 0 Å². The number of aromatic carboxylic acids is 2. The molecule has 15 heteroatoms. The Hall–Kier alpha value is -5.12. The van der Waals surface area contributed by atoms with Crippen LogP contribution in [0.25, 0.3) is 21.5 Å². The average molecular weight is 645 g/mol. The molecule has 6 rings (SSSR count). The van der Waals surface area contributed by atoms with Gasteiger partial charge in [-0.3, -0.25) is 0 Å². The Bertz CT molecular complexity index is 2150. The normalized spacial score (nSPS) is 11.1. The van der Waals surface area contributed by atoms with Crippen molar-refractivity contribution in [1.82, 2.24) is 15.0 Å². The fraction of sp³-hybridized carbons (Fsp3) is 0. The van der Waals surface area contributed by atoms with Gasteiger partial charge in [-0.25, -0.2) is 18.0 Å². The quantitative estimate of drug-likeness (QED) is 0.114. The third-order valence-corrected chi connectivity index (χ3v) is 7.53. The minimum absolute atomic E-state index is 0. The minimum Gasteiger partial charge on any atom is -0.744 e. The molecule has 1 aromatic heterocycles. The third kappa shape index (κ3) is 7.39. The van der Waals surface area contributed by atoms with Crippen LogP contribution in [0.3, 0.4) is 0 Å². The smallest absolute Gasteiger partial charge is 0.744 e. The molecule has 13 nitrogen and oxygen atoms in total. The average Bonchev–Trinajstić information content (AvgIpc) is 3.00. The van der Waals surface area contributed by atoms with Crippen LogP contribution in [0.1, 0.15) is 20.7 Å². The second-order valence-corrected chi connectivity index (χ2v) is 11.2. The SMILES string of the molecule is O=C(O)c1ccc2cc(Nc3nc(Nc4cccc(S(=O)(=O)[O-])c4)nc(Nc4ccc5cc(C(=O)O)ccc5c4)n3)ccc2c1.[Na+]. The first kappa shape index (κ1) is 32.3.